The summed E-state index contributed by atoms with van der Waals surface area (Å²) in [5.74, 6) is 0.150. The predicted molar refractivity (Wildman–Crippen MR) is 85.7 cm³/mol. The lowest BCUT2D eigenvalue weighted by atomic mass is 10.1. The van der Waals surface area contributed by atoms with Crippen LogP contribution in [-0.2, 0) is 20.0 Å². The fraction of sp³-hybridized carbons (Fsp3) is 0.235. The first-order valence-corrected chi connectivity index (χ1v) is 8.00. The third-order valence-corrected chi connectivity index (χ3v) is 5.07. The molecule has 0 bridgehead atoms. The number of benzene rings is 1. The minimum atomic E-state index is 0.150. The predicted octanol–water partition coefficient (Wildman–Crippen LogP) is 3.44. The van der Waals surface area contributed by atoms with Gasteiger partial charge in [-0.2, -0.15) is 0 Å². The Morgan fingerprint density at radius 3 is 2.90 bits per heavy atom. The molecule has 0 saturated heterocycles. The molecule has 0 spiro atoms. The van der Waals surface area contributed by atoms with Crippen LogP contribution >= 0.6 is 11.3 Å². The number of aryl methyl sites for hydroxylation is 1. The van der Waals surface area contributed by atoms with Gasteiger partial charge in [0.05, 0.1) is 4.88 Å². The van der Waals surface area contributed by atoms with E-state index in [2.05, 4.69) is 36.0 Å². The first-order valence-electron chi connectivity index (χ1n) is 7.12. The van der Waals surface area contributed by atoms with Gasteiger partial charge in [0, 0.05) is 37.2 Å². The van der Waals surface area contributed by atoms with Crippen LogP contribution in [0.25, 0.3) is 10.9 Å². The van der Waals surface area contributed by atoms with Crippen LogP contribution < -0.4 is 0 Å². The molecule has 3 aromatic rings. The number of thiophene rings is 1. The monoisotopic (exact) mass is 296 g/mol. The van der Waals surface area contributed by atoms with E-state index >= 15 is 0 Å². The smallest absolute Gasteiger partial charge is 0.264 e. The number of aromatic nitrogens is 1. The Bertz CT molecular complexity index is 817. The van der Waals surface area contributed by atoms with Gasteiger partial charge < -0.3 is 9.47 Å². The molecule has 0 fully saturated rings. The number of rotatable bonds is 1. The number of carbonyl (C=O) groups is 1. The van der Waals surface area contributed by atoms with Crippen molar-refractivity contribution in [2.24, 2.45) is 7.05 Å². The Balaban J connectivity index is 1.76. The normalized spacial score (nSPS) is 14.4. The van der Waals surface area contributed by atoms with Crippen molar-refractivity contribution < 1.29 is 4.79 Å². The van der Waals surface area contributed by atoms with Gasteiger partial charge in [-0.25, -0.2) is 0 Å². The second kappa shape index (κ2) is 4.74. The van der Waals surface area contributed by atoms with E-state index in [1.54, 1.807) is 0 Å². The van der Waals surface area contributed by atoms with Crippen LogP contribution in [-0.4, -0.2) is 21.9 Å². The standard InChI is InChI=1S/C17H16N2OS/c1-18-10-13-7-8-19(17(20)15-6-3-9-21-15)11-12-4-2-5-14(18)16(12)13/h2-6,9-10H,7-8,11H2,1H3. The summed E-state index contributed by atoms with van der Waals surface area (Å²) >= 11 is 1.52. The van der Waals surface area contributed by atoms with Crippen molar-refractivity contribution in [1.82, 2.24) is 9.47 Å². The molecule has 1 aliphatic rings. The molecule has 0 aliphatic carbocycles. The molecule has 4 rings (SSSR count). The highest BCUT2D eigenvalue weighted by Gasteiger charge is 2.23. The third kappa shape index (κ3) is 1.98. The van der Waals surface area contributed by atoms with Crippen molar-refractivity contribution in [2.75, 3.05) is 6.54 Å². The quantitative estimate of drug-likeness (QED) is 0.675. The topological polar surface area (TPSA) is 25.2 Å². The van der Waals surface area contributed by atoms with Crippen LogP contribution in [0.2, 0.25) is 0 Å². The van der Waals surface area contributed by atoms with Gasteiger partial charge in [0.2, 0.25) is 0 Å². The zero-order chi connectivity index (χ0) is 14.4. The first kappa shape index (κ1) is 12.7. The Morgan fingerprint density at radius 1 is 1.19 bits per heavy atom. The van der Waals surface area contributed by atoms with Crippen molar-refractivity contribution in [1.29, 1.82) is 0 Å². The molecule has 0 radical (unpaired) electrons. The number of hydrogen-bond donors (Lipinski definition) is 0. The van der Waals surface area contributed by atoms with Crippen molar-refractivity contribution >= 4 is 28.1 Å². The highest BCUT2D eigenvalue weighted by atomic mass is 32.1. The second-order valence-electron chi connectivity index (χ2n) is 5.53. The maximum Gasteiger partial charge on any atom is 0.264 e. The molecule has 1 aliphatic heterocycles. The largest absolute Gasteiger partial charge is 0.350 e. The van der Waals surface area contributed by atoms with Crippen LogP contribution in [0, 0.1) is 0 Å². The van der Waals surface area contributed by atoms with Gasteiger partial charge in [-0.1, -0.05) is 18.2 Å². The number of carbonyl (C=O) groups excluding carboxylic acids is 1. The lowest BCUT2D eigenvalue weighted by molar-refractivity contribution is 0.0752. The summed E-state index contributed by atoms with van der Waals surface area (Å²) in [5, 5.41) is 3.29. The van der Waals surface area contributed by atoms with Gasteiger partial charge >= 0.3 is 0 Å². The first-order chi connectivity index (χ1) is 10.2. The number of hydrogen-bond acceptors (Lipinski definition) is 2. The average molecular weight is 296 g/mol. The minimum absolute atomic E-state index is 0.150. The van der Waals surface area contributed by atoms with Gasteiger partial charge in [0.15, 0.2) is 0 Å². The molecule has 21 heavy (non-hydrogen) atoms. The van der Waals surface area contributed by atoms with Crippen molar-refractivity contribution in [3.05, 3.63) is 57.9 Å². The Hall–Kier alpha value is -2.07. The van der Waals surface area contributed by atoms with Crippen LogP contribution in [0.1, 0.15) is 20.8 Å². The van der Waals surface area contributed by atoms with Crippen molar-refractivity contribution in [3.8, 4) is 0 Å². The molecule has 106 valence electrons. The summed E-state index contributed by atoms with van der Waals surface area (Å²) in [6, 6.07) is 10.2. The van der Waals surface area contributed by atoms with Gasteiger partial charge in [-0.15, -0.1) is 11.3 Å². The van der Waals surface area contributed by atoms with Crippen LogP contribution in [0.5, 0.6) is 0 Å². The van der Waals surface area contributed by atoms with E-state index in [1.165, 1.54) is 33.4 Å². The summed E-state index contributed by atoms with van der Waals surface area (Å²) in [4.78, 5) is 15.4. The highest BCUT2D eigenvalue weighted by Crippen LogP contribution is 2.29. The Labute approximate surface area is 127 Å². The minimum Gasteiger partial charge on any atom is -0.350 e. The maximum atomic E-state index is 12.6. The van der Waals surface area contributed by atoms with Crippen LogP contribution in [0.15, 0.2) is 41.9 Å². The fourth-order valence-electron chi connectivity index (χ4n) is 3.21. The van der Waals surface area contributed by atoms with E-state index in [1.807, 2.05) is 22.4 Å². The van der Waals surface area contributed by atoms with E-state index in [9.17, 15) is 4.79 Å². The van der Waals surface area contributed by atoms with Crippen molar-refractivity contribution in [3.63, 3.8) is 0 Å². The zero-order valence-electron chi connectivity index (χ0n) is 11.9. The molecule has 0 saturated carbocycles. The summed E-state index contributed by atoms with van der Waals surface area (Å²) in [7, 11) is 2.09. The van der Waals surface area contributed by atoms with E-state index in [0.29, 0.717) is 6.54 Å². The van der Waals surface area contributed by atoms with E-state index in [4.69, 9.17) is 0 Å². The molecule has 0 unspecified atom stereocenters. The summed E-state index contributed by atoms with van der Waals surface area (Å²) in [5.41, 5.74) is 3.86. The molecule has 2 aromatic heterocycles. The van der Waals surface area contributed by atoms with Crippen LogP contribution in [0.3, 0.4) is 0 Å². The molecular formula is C17H16N2OS. The van der Waals surface area contributed by atoms with Gasteiger partial charge in [-0.3, -0.25) is 4.79 Å². The lowest BCUT2D eigenvalue weighted by Crippen LogP contribution is -2.30. The maximum absolute atomic E-state index is 12.6. The van der Waals surface area contributed by atoms with E-state index in [-0.39, 0.29) is 5.91 Å². The van der Waals surface area contributed by atoms with Crippen molar-refractivity contribution in [2.45, 2.75) is 13.0 Å². The molecule has 0 N–H and O–H groups in total. The molecular weight excluding hydrogens is 280 g/mol. The molecule has 0 atom stereocenters. The molecule has 3 heterocycles. The second-order valence-corrected chi connectivity index (χ2v) is 6.48. The lowest BCUT2D eigenvalue weighted by Gasteiger charge is -2.20. The Kier molecular flexibility index (Phi) is 2.86. The molecule has 3 nitrogen and oxygen atoms in total. The zero-order valence-corrected chi connectivity index (χ0v) is 12.7. The number of amides is 1. The SMILES string of the molecule is Cn1cc2c3c(cccc31)CN(C(=O)c1cccs1)CC2. The van der Waals surface area contributed by atoms with Gasteiger partial charge in [0.25, 0.3) is 5.91 Å². The van der Waals surface area contributed by atoms with Crippen LogP contribution in [0.4, 0.5) is 0 Å². The van der Waals surface area contributed by atoms with Gasteiger partial charge in [0.1, 0.15) is 0 Å². The third-order valence-electron chi connectivity index (χ3n) is 4.21. The summed E-state index contributed by atoms with van der Waals surface area (Å²) < 4.78 is 2.19. The molecule has 4 heteroatoms. The molecule has 1 aromatic carbocycles. The Morgan fingerprint density at radius 2 is 2.10 bits per heavy atom. The highest BCUT2D eigenvalue weighted by molar-refractivity contribution is 7.12. The fourth-order valence-corrected chi connectivity index (χ4v) is 3.90. The van der Waals surface area contributed by atoms with E-state index < -0.39 is 0 Å². The van der Waals surface area contributed by atoms with E-state index in [0.717, 1.165) is 17.8 Å². The van der Waals surface area contributed by atoms with Gasteiger partial charge in [-0.05, 0) is 35.1 Å². The number of nitrogens with zero attached hydrogens (tertiary/aromatic N) is 2. The summed E-state index contributed by atoms with van der Waals surface area (Å²) in [6.45, 7) is 1.48. The molecule has 1 amide bonds. The summed E-state index contributed by atoms with van der Waals surface area (Å²) in [6.07, 6.45) is 3.12. The average Bonchev–Trinajstić information content (AvgIpc) is 3.08.